The number of rotatable bonds is 4. The van der Waals surface area contributed by atoms with E-state index in [2.05, 4.69) is 5.32 Å². The van der Waals surface area contributed by atoms with E-state index < -0.39 is 0 Å². The highest BCUT2D eigenvalue weighted by Crippen LogP contribution is 2.23. The van der Waals surface area contributed by atoms with Gasteiger partial charge in [0.05, 0.1) is 19.2 Å². The summed E-state index contributed by atoms with van der Waals surface area (Å²) in [5.41, 5.74) is 0.352. The number of piperazine rings is 1. The zero-order valence-corrected chi connectivity index (χ0v) is 13.5. The van der Waals surface area contributed by atoms with Crippen LogP contribution in [0.25, 0.3) is 0 Å². The largest absolute Gasteiger partial charge is 0.496 e. The average molecular weight is 326 g/mol. The molecule has 0 atom stereocenters. The van der Waals surface area contributed by atoms with Crippen molar-refractivity contribution in [2.75, 3.05) is 46.9 Å². The maximum absolute atomic E-state index is 12.5. The Bertz CT molecular complexity index is 559. The number of ether oxygens (including phenoxy) is 1. The number of likely N-dealkylation sites (N-methyl/N-ethyl adjacent to an activating group) is 1. The molecule has 1 saturated heterocycles. The molecule has 2 rings (SSSR count). The molecule has 120 valence electrons. The number of carbonyl (C=O) groups excluding carboxylic acids is 2. The first-order valence-electron chi connectivity index (χ1n) is 7.10. The highest BCUT2D eigenvalue weighted by Gasteiger charge is 2.22. The minimum atomic E-state index is -0.289. The van der Waals surface area contributed by atoms with E-state index in [4.69, 9.17) is 16.3 Å². The number of halogens is 1. The Morgan fingerprint density at radius 1 is 1.36 bits per heavy atom. The van der Waals surface area contributed by atoms with Gasteiger partial charge in [0.15, 0.2) is 0 Å². The van der Waals surface area contributed by atoms with Gasteiger partial charge in [-0.2, -0.15) is 0 Å². The quantitative estimate of drug-likeness (QED) is 0.891. The molecule has 2 amide bonds. The first-order valence-corrected chi connectivity index (χ1v) is 7.48. The minimum absolute atomic E-state index is 0.0362. The van der Waals surface area contributed by atoms with Crippen molar-refractivity contribution in [2.24, 2.45) is 0 Å². The fraction of sp³-hybridized carbons (Fsp3) is 0.467. The Morgan fingerprint density at radius 2 is 2.05 bits per heavy atom. The summed E-state index contributed by atoms with van der Waals surface area (Å²) >= 11 is 5.94. The Balaban J connectivity index is 2.05. The number of nitrogens with one attached hydrogen (secondary N) is 1. The third-order valence-electron chi connectivity index (χ3n) is 3.58. The maximum atomic E-state index is 12.5. The van der Waals surface area contributed by atoms with Gasteiger partial charge in [0.25, 0.3) is 5.91 Å². The molecular weight excluding hydrogens is 306 g/mol. The molecule has 1 N–H and O–H groups in total. The summed E-state index contributed by atoms with van der Waals surface area (Å²) in [7, 11) is 3.09. The number of methoxy groups -OCH3 is 1. The summed E-state index contributed by atoms with van der Waals surface area (Å²) in [5.74, 6) is 0.0945. The second-order valence-electron chi connectivity index (χ2n) is 5.14. The third-order valence-corrected chi connectivity index (χ3v) is 3.82. The Kier molecular flexibility index (Phi) is 5.63. The lowest BCUT2D eigenvalue weighted by Crippen LogP contribution is -2.49. The van der Waals surface area contributed by atoms with Crippen LogP contribution in [0.3, 0.4) is 0 Å². The number of hydrogen-bond acceptors (Lipinski definition) is 4. The van der Waals surface area contributed by atoms with Crippen LogP contribution in [0.2, 0.25) is 5.02 Å². The monoisotopic (exact) mass is 325 g/mol. The Hall–Kier alpha value is -1.79. The van der Waals surface area contributed by atoms with Gasteiger partial charge in [-0.3, -0.25) is 9.59 Å². The molecule has 0 radical (unpaired) electrons. The Morgan fingerprint density at radius 3 is 2.68 bits per heavy atom. The summed E-state index contributed by atoms with van der Waals surface area (Å²) < 4.78 is 5.18. The molecule has 0 saturated carbocycles. The molecule has 0 bridgehead atoms. The summed E-state index contributed by atoms with van der Waals surface area (Å²) in [6.45, 7) is 2.94. The zero-order valence-electron chi connectivity index (χ0n) is 12.8. The van der Waals surface area contributed by atoms with Crippen LogP contribution in [-0.4, -0.2) is 68.5 Å². The standard InChI is InChI=1S/C15H20ClN3O3/c1-18(10-14(20)19-7-5-17-6-8-19)15(21)12-9-11(16)3-4-13(12)22-2/h3-4,9,17H,5-8,10H2,1-2H3. The van der Waals surface area contributed by atoms with E-state index in [-0.39, 0.29) is 18.4 Å². The van der Waals surface area contributed by atoms with Gasteiger partial charge in [0.2, 0.25) is 5.91 Å². The van der Waals surface area contributed by atoms with E-state index in [1.54, 1.807) is 30.1 Å². The van der Waals surface area contributed by atoms with Gasteiger partial charge in [-0.05, 0) is 18.2 Å². The predicted molar refractivity (Wildman–Crippen MR) is 84.4 cm³/mol. The van der Waals surface area contributed by atoms with E-state index in [0.29, 0.717) is 29.4 Å². The van der Waals surface area contributed by atoms with Crippen molar-refractivity contribution in [3.8, 4) is 5.75 Å². The van der Waals surface area contributed by atoms with E-state index in [9.17, 15) is 9.59 Å². The smallest absolute Gasteiger partial charge is 0.257 e. The molecule has 1 fully saturated rings. The van der Waals surface area contributed by atoms with Gasteiger partial charge in [-0.25, -0.2) is 0 Å². The number of nitrogens with zero attached hydrogens (tertiary/aromatic N) is 2. The molecule has 6 nitrogen and oxygen atoms in total. The minimum Gasteiger partial charge on any atom is -0.496 e. The van der Waals surface area contributed by atoms with Gasteiger partial charge in [0, 0.05) is 38.2 Å². The van der Waals surface area contributed by atoms with Crippen molar-refractivity contribution in [1.29, 1.82) is 0 Å². The first-order chi connectivity index (χ1) is 10.5. The van der Waals surface area contributed by atoms with E-state index in [0.717, 1.165) is 13.1 Å². The van der Waals surface area contributed by atoms with E-state index >= 15 is 0 Å². The first kappa shape index (κ1) is 16.6. The van der Waals surface area contributed by atoms with Crippen LogP contribution in [0, 0.1) is 0 Å². The molecule has 1 aromatic carbocycles. The number of benzene rings is 1. The van der Waals surface area contributed by atoms with Crippen LogP contribution in [0.4, 0.5) is 0 Å². The van der Waals surface area contributed by atoms with Crippen LogP contribution < -0.4 is 10.1 Å². The Labute approximate surface area is 135 Å². The average Bonchev–Trinajstić information content (AvgIpc) is 2.54. The summed E-state index contributed by atoms with van der Waals surface area (Å²) in [6, 6.07) is 4.85. The van der Waals surface area contributed by atoms with E-state index in [1.165, 1.54) is 12.0 Å². The topological polar surface area (TPSA) is 61.9 Å². The highest BCUT2D eigenvalue weighted by molar-refractivity contribution is 6.31. The number of carbonyl (C=O) groups is 2. The molecule has 1 aromatic rings. The summed E-state index contributed by atoms with van der Waals surface area (Å²) in [5, 5.41) is 3.64. The number of hydrogen-bond donors (Lipinski definition) is 1. The van der Waals surface area contributed by atoms with Gasteiger partial charge in [-0.1, -0.05) is 11.6 Å². The van der Waals surface area contributed by atoms with Crippen molar-refractivity contribution < 1.29 is 14.3 Å². The van der Waals surface area contributed by atoms with Crippen LogP contribution >= 0.6 is 11.6 Å². The summed E-state index contributed by atoms with van der Waals surface area (Å²) in [6.07, 6.45) is 0. The lowest BCUT2D eigenvalue weighted by atomic mass is 10.1. The predicted octanol–water partition coefficient (Wildman–Crippen LogP) is 0.852. The molecule has 22 heavy (non-hydrogen) atoms. The van der Waals surface area contributed by atoms with Gasteiger partial charge < -0.3 is 19.9 Å². The van der Waals surface area contributed by atoms with Gasteiger partial charge >= 0.3 is 0 Å². The van der Waals surface area contributed by atoms with Crippen molar-refractivity contribution in [3.63, 3.8) is 0 Å². The van der Waals surface area contributed by atoms with Crippen molar-refractivity contribution in [3.05, 3.63) is 28.8 Å². The SMILES string of the molecule is COc1ccc(Cl)cc1C(=O)N(C)CC(=O)N1CCNCC1. The van der Waals surface area contributed by atoms with Crippen LogP contribution in [0.5, 0.6) is 5.75 Å². The highest BCUT2D eigenvalue weighted by atomic mass is 35.5. The van der Waals surface area contributed by atoms with Crippen molar-refractivity contribution >= 4 is 23.4 Å². The van der Waals surface area contributed by atoms with Crippen molar-refractivity contribution in [2.45, 2.75) is 0 Å². The second kappa shape index (κ2) is 7.47. The molecular formula is C15H20ClN3O3. The van der Waals surface area contributed by atoms with E-state index in [1.807, 2.05) is 0 Å². The van der Waals surface area contributed by atoms with Crippen LogP contribution in [0.15, 0.2) is 18.2 Å². The molecule has 0 unspecified atom stereocenters. The molecule has 1 aliphatic rings. The molecule has 0 aromatic heterocycles. The fourth-order valence-electron chi connectivity index (χ4n) is 2.34. The van der Waals surface area contributed by atoms with Gasteiger partial charge in [-0.15, -0.1) is 0 Å². The molecule has 1 aliphatic heterocycles. The maximum Gasteiger partial charge on any atom is 0.257 e. The van der Waals surface area contributed by atoms with Gasteiger partial charge in [0.1, 0.15) is 5.75 Å². The lowest BCUT2D eigenvalue weighted by Gasteiger charge is -2.29. The second-order valence-corrected chi connectivity index (χ2v) is 5.57. The van der Waals surface area contributed by atoms with Crippen molar-refractivity contribution in [1.82, 2.24) is 15.1 Å². The molecule has 1 heterocycles. The molecule has 7 heteroatoms. The molecule has 0 spiro atoms. The summed E-state index contributed by atoms with van der Waals surface area (Å²) in [4.78, 5) is 27.9. The fourth-order valence-corrected chi connectivity index (χ4v) is 2.51. The lowest BCUT2D eigenvalue weighted by molar-refractivity contribution is -0.132. The number of amides is 2. The zero-order chi connectivity index (χ0) is 16.1. The van der Waals surface area contributed by atoms with Crippen LogP contribution in [0.1, 0.15) is 10.4 Å². The molecule has 0 aliphatic carbocycles. The van der Waals surface area contributed by atoms with Crippen LogP contribution in [-0.2, 0) is 4.79 Å². The third kappa shape index (κ3) is 3.90. The normalized spacial score (nSPS) is 14.6.